The molecule has 0 N–H and O–H groups in total. The molecule has 160 valence electrons. The van der Waals surface area contributed by atoms with Crippen molar-refractivity contribution in [2.24, 2.45) is 5.92 Å². The van der Waals surface area contributed by atoms with Gasteiger partial charge in [-0.2, -0.15) is 5.10 Å². The van der Waals surface area contributed by atoms with Gasteiger partial charge in [0.25, 0.3) is 5.91 Å². The number of aryl methyl sites for hydroxylation is 1. The lowest BCUT2D eigenvalue weighted by Crippen LogP contribution is -2.53. The van der Waals surface area contributed by atoms with E-state index in [2.05, 4.69) is 13.8 Å². The lowest BCUT2D eigenvalue weighted by Gasteiger charge is -2.42. The molecule has 0 bridgehead atoms. The summed E-state index contributed by atoms with van der Waals surface area (Å²) in [6, 6.07) is 9.84. The number of piperidine rings is 1. The van der Waals surface area contributed by atoms with Crippen LogP contribution in [0.25, 0.3) is 5.69 Å². The molecule has 1 aromatic carbocycles. The zero-order chi connectivity index (χ0) is 21.6. The van der Waals surface area contributed by atoms with Crippen LogP contribution in [0.2, 0.25) is 0 Å². The topological polar surface area (TPSA) is 61.7 Å². The lowest BCUT2D eigenvalue weighted by molar-refractivity contribution is 0.0408. The second kappa shape index (κ2) is 7.78. The van der Waals surface area contributed by atoms with Gasteiger partial charge < -0.3 is 14.7 Å². The summed E-state index contributed by atoms with van der Waals surface area (Å²) in [7, 11) is 3.55. The Morgan fingerprint density at radius 3 is 2.53 bits per heavy atom. The normalized spacial score (nSPS) is 21.3. The van der Waals surface area contributed by atoms with Crippen LogP contribution in [0, 0.1) is 12.8 Å². The van der Waals surface area contributed by atoms with E-state index in [1.165, 1.54) is 0 Å². The highest BCUT2D eigenvalue weighted by Gasteiger charge is 2.47. The van der Waals surface area contributed by atoms with Crippen molar-refractivity contribution in [3.63, 3.8) is 0 Å². The number of hydrogen-bond acceptors (Lipinski definition) is 3. The fourth-order valence-electron chi connectivity index (χ4n) is 4.93. The van der Waals surface area contributed by atoms with Crippen molar-refractivity contribution in [2.75, 3.05) is 27.2 Å². The maximum absolute atomic E-state index is 13.8. The number of rotatable bonds is 3. The number of hydrogen-bond donors (Lipinski definition) is 0. The van der Waals surface area contributed by atoms with Gasteiger partial charge in [0.05, 0.1) is 23.5 Å². The minimum Gasteiger partial charge on any atom is -0.331 e. The van der Waals surface area contributed by atoms with E-state index >= 15 is 0 Å². The van der Waals surface area contributed by atoms with Gasteiger partial charge >= 0.3 is 6.03 Å². The number of amides is 3. The number of likely N-dealkylation sites (tertiary alicyclic amines) is 1. The maximum atomic E-state index is 13.8. The number of nitrogens with zero attached hydrogens (tertiary/aromatic N) is 5. The van der Waals surface area contributed by atoms with Gasteiger partial charge in [0.1, 0.15) is 5.69 Å². The van der Waals surface area contributed by atoms with Gasteiger partial charge in [-0.1, -0.05) is 32.0 Å². The predicted molar refractivity (Wildman–Crippen MR) is 116 cm³/mol. The van der Waals surface area contributed by atoms with Crippen LogP contribution in [-0.2, 0) is 0 Å². The molecule has 7 nitrogen and oxygen atoms in total. The summed E-state index contributed by atoms with van der Waals surface area (Å²) in [5, 5.41) is 4.73. The molecule has 0 spiro atoms. The summed E-state index contributed by atoms with van der Waals surface area (Å²) < 4.78 is 1.80. The Hall–Kier alpha value is -2.83. The highest BCUT2D eigenvalue weighted by molar-refractivity contribution is 5.99. The summed E-state index contributed by atoms with van der Waals surface area (Å²) >= 11 is 0. The first-order valence-electron chi connectivity index (χ1n) is 10.7. The quantitative estimate of drug-likeness (QED) is 0.780. The van der Waals surface area contributed by atoms with E-state index in [0.717, 1.165) is 36.3 Å². The standard InChI is InChI=1S/C23H31N5O2/c1-15(2)20-19-16(3)24-28(17-10-7-6-8-11-17)21(19)22(29)27(20)18-12-9-13-26(14-18)23(30)25(4)5/h6-8,10-11,15,18,20H,9,12-14H2,1-5H3. The first kappa shape index (κ1) is 20.4. The molecule has 2 atom stereocenters. The second-order valence-electron chi connectivity index (χ2n) is 8.92. The monoisotopic (exact) mass is 409 g/mol. The minimum absolute atomic E-state index is 0.0107. The van der Waals surface area contributed by atoms with Crippen LogP contribution in [0.3, 0.4) is 0 Å². The number of urea groups is 1. The van der Waals surface area contributed by atoms with Gasteiger partial charge in [-0.3, -0.25) is 4.79 Å². The summed E-state index contributed by atoms with van der Waals surface area (Å²) in [6.07, 6.45) is 1.81. The van der Waals surface area contributed by atoms with Gasteiger partial charge in [0, 0.05) is 32.7 Å². The molecule has 3 heterocycles. The highest BCUT2D eigenvalue weighted by Crippen LogP contribution is 2.43. The minimum atomic E-state index is -0.0237. The lowest BCUT2D eigenvalue weighted by atomic mass is 9.94. The van der Waals surface area contributed by atoms with Crippen molar-refractivity contribution in [2.45, 2.75) is 45.7 Å². The molecule has 0 aliphatic carbocycles. The smallest absolute Gasteiger partial charge is 0.319 e. The van der Waals surface area contributed by atoms with Crippen LogP contribution in [0.15, 0.2) is 30.3 Å². The van der Waals surface area contributed by atoms with Crippen LogP contribution in [0.4, 0.5) is 4.79 Å². The van der Waals surface area contributed by atoms with E-state index in [1.54, 1.807) is 23.7 Å². The third kappa shape index (κ3) is 3.26. The van der Waals surface area contributed by atoms with E-state index in [-0.39, 0.29) is 29.9 Å². The highest BCUT2D eigenvalue weighted by atomic mass is 16.2. The van der Waals surface area contributed by atoms with Gasteiger partial charge in [-0.15, -0.1) is 0 Å². The number of benzene rings is 1. The second-order valence-corrected chi connectivity index (χ2v) is 8.92. The summed E-state index contributed by atoms with van der Waals surface area (Å²) in [5.41, 5.74) is 3.51. The van der Waals surface area contributed by atoms with Crippen molar-refractivity contribution in [3.8, 4) is 5.69 Å². The Labute approximate surface area is 178 Å². The van der Waals surface area contributed by atoms with Crippen LogP contribution in [0.1, 0.15) is 54.5 Å². The summed E-state index contributed by atoms with van der Waals surface area (Å²) in [5.74, 6) is 0.277. The van der Waals surface area contributed by atoms with Crippen molar-refractivity contribution >= 4 is 11.9 Å². The first-order valence-corrected chi connectivity index (χ1v) is 10.7. The number of carbonyl (C=O) groups is 2. The molecular weight excluding hydrogens is 378 g/mol. The van der Waals surface area contributed by atoms with E-state index < -0.39 is 0 Å². The molecule has 30 heavy (non-hydrogen) atoms. The maximum Gasteiger partial charge on any atom is 0.319 e. The molecule has 1 aromatic heterocycles. The number of aromatic nitrogens is 2. The largest absolute Gasteiger partial charge is 0.331 e. The van der Waals surface area contributed by atoms with Gasteiger partial charge in [-0.25, -0.2) is 9.48 Å². The molecule has 2 aliphatic heterocycles. The van der Waals surface area contributed by atoms with E-state index in [1.807, 2.05) is 47.1 Å². The Balaban J connectivity index is 1.73. The molecule has 0 radical (unpaired) electrons. The van der Waals surface area contributed by atoms with Crippen molar-refractivity contribution in [1.29, 1.82) is 0 Å². The summed E-state index contributed by atoms with van der Waals surface area (Å²) in [4.78, 5) is 31.9. The first-order chi connectivity index (χ1) is 14.3. The third-order valence-corrected chi connectivity index (χ3v) is 6.21. The zero-order valence-electron chi connectivity index (χ0n) is 18.5. The molecule has 2 aromatic rings. The SMILES string of the molecule is Cc1nn(-c2ccccc2)c2c1C(C(C)C)N(C1CCCN(C(=O)N(C)C)C1)C2=O. The van der Waals surface area contributed by atoms with Crippen molar-refractivity contribution in [3.05, 3.63) is 47.3 Å². The molecule has 2 unspecified atom stereocenters. The van der Waals surface area contributed by atoms with Gasteiger partial charge in [0.15, 0.2) is 0 Å². The van der Waals surface area contributed by atoms with Crippen LogP contribution in [-0.4, -0.2) is 69.6 Å². The average Bonchev–Trinajstić information content (AvgIpc) is 3.23. The molecule has 0 saturated carbocycles. The molecule has 2 aliphatic rings. The molecule has 1 saturated heterocycles. The van der Waals surface area contributed by atoms with Gasteiger partial charge in [-0.05, 0) is 37.8 Å². The molecule has 7 heteroatoms. The Bertz CT molecular complexity index is 950. The van der Waals surface area contributed by atoms with Crippen molar-refractivity contribution < 1.29 is 9.59 Å². The molecule has 4 rings (SSSR count). The van der Waals surface area contributed by atoms with E-state index in [4.69, 9.17) is 5.10 Å². The Morgan fingerprint density at radius 2 is 1.90 bits per heavy atom. The molecule has 3 amide bonds. The number of para-hydroxylation sites is 1. The van der Waals surface area contributed by atoms with Crippen molar-refractivity contribution in [1.82, 2.24) is 24.5 Å². The third-order valence-electron chi connectivity index (χ3n) is 6.21. The number of fused-ring (bicyclic) bond motifs is 1. The van der Waals surface area contributed by atoms with Crippen LogP contribution >= 0.6 is 0 Å². The summed E-state index contributed by atoms with van der Waals surface area (Å²) in [6.45, 7) is 7.63. The predicted octanol–water partition coefficient (Wildman–Crippen LogP) is 3.48. The Morgan fingerprint density at radius 1 is 1.20 bits per heavy atom. The van der Waals surface area contributed by atoms with Gasteiger partial charge in [0.2, 0.25) is 0 Å². The van der Waals surface area contributed by atoms with Crippen LogP contribution < -0.4 is 0 Å². The van der Waals surface area contributed by atoms with E-state index in [9.17, 15) is 9.59 Å². The average molecular weight is 410 g/mol. The fourth-order valence-corrected chi connectivity index (χ4v) is 4.93. The van der Waals surface area contributed by atoms with E-state index in [0.29, 0.717) is 12.2 Å². The Kier molecular flexibility index (Phi) is 5.30. The fraction of sp³-hybridized carbons (Fsp3) is 0.522. The number of carbonyl (C=O) groups excluding carboxylic acids is 2. The molecular formula is C23H31N5O2. The van der Waals surface area contributed by atoms with Crippen LogP contribution in [0.5, 0.6) is 0 Å². The molecule has 1 fully saturated rings. The zero-order valence-corrected chi connectivity index (χ0v) is 18.5.